The van der Waals surface area contributed by atoms with E-state index >= 15 is 0 Å². The van der Waals surface area contributed by atoms with E-state index in [1.165, 1.54) is 0 Å². The van der Waals surface area contributed by atoms with Crippen molar-refractivity contribution in [2.45, 2.75) is 44.8 Å². The van der Waals surface area contributed by atoms with Crippen LogP contribution in [0.3, 0.4) is 0 Å². The minimum absolute atomic E-state index is 0.0185. The molecule has 2 rings (SSSR count). The second-order valence-corrected chi connectivity index (χ2v) is 5.43. The van der Waals surface area contributed by atoms with E-state index in [4.69, 9.17) is 17.3 Å². The van der Waals surface area contributed by atoms with Gasteiger partial charge in [-0.05, 0) is 44.4 Å². The number of rotatable bonds is 4. The Hall–Kier alpha value is -1.06. The van der Waals surface area contributed by atoms with Crippen LogP contribution in [0.1, 0.15) is 38.3 Å². The second-order valence-electron chi connectivity index (χ2n) is 5.00. The predicted molar refractivity (Wildman–Crippen MR) is 73.4 cm³/mol. The largest absolute Gasteiger partial charge is 0.332 e. The first-order chi connectivity index (χ1) is 8.50. The molecule has 2 N–H and O–H groups in total. The van der Waals surface area contributed by atoms with Gasteiger partial charge in [-0.15, -0.1) is 0 Å². The smallest absolute Gasteiger partial charge is 0.239 e. The first-order valence-corrected chi connectivity index (χ1v) is 6.71. The highest BCUT2D eigenvalue weighted by atomic mass is 35.5. The number of halogens is 1. The van der Waals surface area contributed by atoms with Gasteiger partial charge in [0.1, 0.15) is 0 Å². The molecule has 0 unspecified atom stereocenters. The number of hydrogen-bond acceptors (Lipinski definition) is 2. The third kappa shape index (κ3) is 2.85. The van der Waals surface area contributed by atoms with Crippen molar-refractivity contribution in [3.8, 4) is 0 Å². The lowest BCUT2D eigenvalue weighted by Crippen LogP contribution is -2.44. The number of carbonyl (C=O) groups is 1. The minimum atomic E-state index is -0.452. The Morgan fingerprint density at radius 1 is 1.44 bits per heavy atom. The van der Waals surface area contributed by atoms with Gasteiger partial charge in [0.2, 0.25) is 5.91 Å². The van der Waals surface area contributed by atoms with E-state index in [-0.39, 0.29) is 11.9 Å². The quantitative estimate of drug-likeness (QED) is 0.911. The van der Waals surface area contributed by atoms with Gasteiger partial charge in [0.05, 0.1) is 12.1 Å². The topological polar surface area (TPSA) is 46.3 Å². The summed E-state index contributed by atoms with van der Waals surface area (Å²) in [4.78, 5) is 14.1. The van der Waals surface area contributed by atoms with Crippen LogP contribution in [0, 0.1) is 0 Å². The van der Waals surface area contributed by atoms with Crippen molar-refractivity contribution in [1.82, 2.24) is 4.90 Å². The Morgan fingerprint density at radius 2 is 2.11 bits per heavy atom. The van der Waals surface area contributed by atoms with Gasteiger partial charge in [0.25, 0.3) is 0 Å². The van der Waals surface area contributed by atoms with E-state index in [9.17, 15) is 4.79 Å². The van der Waals surface area contributed by atoms with Gasteiger partial charge < -0.3 is 10.6 Å². The van der Waals surface area contributed by atoms with Crippen LogP contribution in [0.15, 0.2) is 24.3 Å². The Labute approximate surface area is 113 Å². The van der Waals surface area contributed by atoms with Crippen LogP contribution in [0.5, 0.6) is 0 Å². The zero-order valence-corrected chi connectivity index (χ0v) is 11.5. The molecule has 0 spiro atoms. The van der Waals surface area contributed by atoms with Crippen LogP contribution in [-0.4, -0.2) is 22.9 Å². The van der Waals surface area contributed by atoms with Crippen LogP contribution in [0.2, 0.25) is 5.02 Å². The van der Waals surface area contributed by atoms with Gasteiger partial charge >= 0.3 is 0 Å². The monoisotopic (exact) mass is 266 g/mol. The summed E-state index contributed by atoms with van der Waals surface area (Å²) >= 11 is 6.00. The molecule has 1 aliphatic rings. The standard InChI is InChI=1S/C14H19ClN2O/c1-9(16)14(18)17(13-6-7-13)10(2)11-4-3-5-12(15)8-11/h3-5,8-10,13H,6-7,16H2,1-2H3/t9-,10+/m0/s1. The molecule has 0 aromatic heterocycles. The maximum absolute atomic E-state index is 12.2. The Kier molecular flexibility index (Phi) is 3.93. The van der Waals surface area contributed by atoms with Crippen molar-refractivity contribution in [2.75, 3.05) is 0 Å². The van der Waals surface area contributed by atoms with Crippen LogP contribution >= 0.6 is 11.6 Å². The third-order valence-electron chi connectivity index (χ3n) is 3.33. The molecule has 0 bridgehead atoms. The van der Waals surface area contributed by atoms with Crippen molar-refractivity contribution in [1.29, 1.82) is 0 Å². The van der Waals surface area contributed by atoms with E-state index in [0.29, 0.717) is 11.1 Å². The molecule has 1 aliphatic carbocycles. The molecule has 1 aromatic rings. The molecule has 1 saturated carbocycles. The van der Waals surface area contributed by atoms with E-state index in [1.54, 1.807) is 6.92 Å². The first kappa shape index (κ1) is 13.4. The van der Waals surface area contributed by atoms with Crippen molar-refractivity contribution >= 4 is 17.5 Å². The zero-order valence-electron chi connectivity index (χ0n) is 10.8. The summed E-state index contributed by atoms with van der Waals surface area (Å²) in [5, 5.41) is 0.698. The Bertz CT molecular complexity index is 443. The molecule has 0 aliphatic heterocycles. The van der Waals surface area contributed by atoms with Gasteiger partial charge in [-0.1, -0.05) is 23.7 Å². The SMILES string of the molecule is C[C@H](N)C(=O)N(C1CC1)[C@H](C)c1cccc(Cl)c1. The Morgan fingerprint density at radius 3 is 2.61 bits per heavy atom. The molecule has 1 fully saturated rings. The van der Waals surface area contributed by atoms with Gasteiger partial charge in [-0.3, -0.25) is 4.79 Å². The average Bonchev–Trinajstić information content (AvgIpc) is 3.13. The molecule has 1 amide bonds. The number of nitrogens with zero attached hydrogens (tertiary/aromatic N) is 1. The normalized spacial score (nSPS) is 18.2. The molecule has 98 valence electrons. The fourth-order valence-electron chi connectivity index (χ4n) is 2.20. The highest BCUT2D eigenvalue weighted by molar-refractivity contribution is 6.30. The van der Waals surface area contributed by atoms with Crippen LogP contribution < -0.4 is 5.73 Å². The summed E-state index contributed by atoms with van der Waals surface area (Å²) in [7, 11) is 0. The first-order valence-electron chi connectivity index (χ1n) is 6.34. The Balaban J connectivity index is 2.23. The fourth-order valence-corrected chi connectivity index (χ4v) is 2.40. The van der Waals surface area contributed by atoms with Crippen LogP contribution in [-0.2, 0) is 4.79 Å². The van der Waals surface area contributed by atoms with Crippen LogP contribution in [0.4, 0.5) is 0 Å². The second kappa shape index (κ2) is 5.29. The lowest BCUT2D eigenvalue weighted by Gasteiger charge is -2.31. The molecule has 18 heavy (non-hydrogen) atoms. The average molecular weight is 267 g/mol. The highest BCUT2D eigenvalue weighted by Gasteiger charge is 2.37. The molecule has 0 saturated heterocycles. The van der Waals surface area contributed by atoms with E-state index in [0.717, 1.165) is 18.4 Å². The molecular weight excluding hydrogens is 248 g/mol. The summed E-state index contributed by atoms with van der Waals surface area (Å²) < 4.78 is 0. The summed E-state index contributed by atoms with van der Waals surface area (Å²) in [5.74, 6) is 0.0185. The third-order valence-corrected chi connectivity index (χ3v) is 3.57. The highest BCUT2D eigenvalue weighted by Crippen LogP contribution is 2.35. The number of benzene rings is 1. The molecule has 4 heteroatoms. The molecule has 0 radical (unpaired) electrons. The lowest BCUT2D eigenvalue weighted by molar-refractivity contribution is -0.135. The number of hydrogen-bond donors (Lipinski definition) is 1. The van der Waals surface area contributed by atoms with E-state index in [1.807, 2.05) is 36.1 Å². The van der Waals surface area contributed by atoms with E-state index < -0.39 is 6.04 Å². The zero-order chi connectivity index (χ0) is 13.3. The molecule has 1 aromatic carbocycles. The summed E-state index contributed by atoms with van der Waals surface area (Å²) in [6.07, 6.45) is 2.15. The van der Waals surface area contributed by atoms with Gasteiger partial charge in [-0.2, -0.15) is 0 Å². The van der Waals surface area contributed by atoms with Gasteiger partial charge in [0.15, 0.2) is 0 Å². The summed E-state index contributed by atoms with van der Waals surface area (Å²) in [5.41, 5.74) is 6.79. The minimum Gasteiger partial charge on any atom is -0.332 e. The van der Waals surface area contributed by atoms with Crippen molar-refractivity contribution in [3.05, 3.63) is 34.9 Å². The predicted octanol–water partition coefficient (Wildman–Crippen LogP) is 2.74. The van der Waals surface area contributed by atoms with Crippen molar-refractivity contribution in [3.63, 3.8) is 0 Å². The fraction of sp³-hybridized carbons (Fsp3) is 0.500. The molecule has 3 nitrogen and oxygen atoms in total. The number of carbonyl (C=O) groups excluding carboxylic acids is 1. The maximum atomic E-state index is 12.2. The molecule has 0 heterocycles. The molecular formula is C14H19ClN2O. The maximum Gasteiger partial charge on any atom is 0.239 e. The lowest BCUT2D eigenvalue weighted by atomic mass is 10.1. The summed E-state index contributed by atoms with van der Waals surface area (Å²) in [6.45, 7) is 3.77. The van der Waals surface area contributed by atoms with Crippen molar-refractivity contribution in [2.24, 2.45) is 5.73 Å². The van der Waals surface area contributed by atoms with Gasteiger partial charge in [0, 0.05) is 11.1 Å². The van der Waals surface area contributed by atoms with Crippen molar-refractivity contribution < 1.29 is 4.79 Å². The van der Waals surface area contributed by atoms with Crippen LogP contribution in [0.25, 0.3) is 0 Å². The number of nitrogens with two attached hydrogens (primary N) is 1. The van der Waals surface area contributed by atoms with Gasteiger partial charge in [-0.25, -0.2) is 0 Å². The van der Waals surface area contributed by atoms with E-state index in [2.05, 4.69) is 0 Å². The summed E-state index contributed by atoms with van der Waals surface area (Å²) in [6, 6.07) is 7.58. The molecule has 2 atom stereocenters. The number of amides is 1.